The topological polar surface area (TPSA) is 64.9 Å². The number of esters is 1. The van der Waals surface area contributed by atoms with Crippen LogP contribution in [0.2, 0.25) is 0 Å². The van der Waals surface area contributed by atoms with E-state index in [2.05, 4.69) is 0 Å². The predicted molar refractivity (Wildman–Crippen MR) is 68.2 cm³/mol. The lowest BCUT2D eigenvalue weighted by atomic mass is 10.4. The van der Waals surface area contributed by atoms with Gasteiger partial charge in [0.25, 0.3) is 0 Å². The van der Waals surface area contributed by atoms with Gasteiger partial charge in [0, 0.05) is 5.75 Å². The Bertz CT molecular complexity index is 328. The minimum atomic E-state index is -2.80. The number of sulfone groups is 1. The second-order valence-electron chi connectivity index (χ2n) is 4.12. The summed E-state index contributed by atoms with van der Waals surface area (Å²) in [6.45, 7) is 2.36. The lowest BCUT2D eigenvalue weighted by Gasteiger charge is -2.23. The van der Waals surface area contributed by atoms with E-state index < -0.39 is 9.84 Å². The number of carbonyl (C=O) groups is 1. The summed E-state index contributed by atoms with van der Waals surface area (Å²) in [5.41, 5.74) is 0. The highest BCUT2D eigenvalue weighted by Crippen LogP contribution is 1.96. The minimum absolute atomic E-state index is 0.164. The van der Waals surface area contributed by atoms with Gasteiger partial charge in [0.2, 0.25) is 0 Å². The van der Waals surface area contributed by atoms with Crippen LogP contribution in [0.3, 0.4) is 0 Å². The predicted octanol–water partition coefficient (Wildman–Crippen LogP) is -1.40. The van der Waals surface area contributed by atoms with E-state index in [1.165, 1.54) is 4.90 Å². The van der Waals surface area contributed by atoms with Gasteiger partial charge in [-0.05, 0) is 6.26 Å². The van der Waals surface area contributed by atoms with Crippen molar-refractivity contribution in [1.29, 1.82) is 0 Å². The van der Waals surface area contributed by atoms with Crippen molar-refractivity contribution in [3.8, 4) is 0 Å². The van der Waals surface area contributed by atoms with Crippen LogP contribution < -0.4 is 4.90 Å². The molecule has 0 amide bonds. The van der Waals surface area contributed by atoms with Gasteiger partial charge in [0.15, 0.2) is 9.84 Å². The van der Waals surface area contributed by atoms with Crippen LogP contribution in [0, 0.1) is 0 Å². The summed E-state index contributed by atoms with van der Waals surface area (Å²) in [4.78, 5) is 12.4. The summed E-state index contributed by atoms with van der Waals surface area (Å²) in [5, 5.41) is 0. The number of nitrogens with one attached hydrogen (secondary N) is 1. The van der Waals surface area contributed by atoms with Crippen molar-refractivity contribution < 1.29 is 22.8 Å². The van der Waals surface area contributed by atoms with E-state index in [9.17, 15) is 13.2 Å². The molecule has 0 bridgehead atoms. The van der Waals surface area contributed by atoms with Crippen LogP contribution in [0.15, 0.2) is 0 Å². The molecule has 0 radical (unpaired) electrons. The number of rotatable bonds is 6. The maximum absolute atomic E-state index is 11.2. The molecule has 0 atom stereocenters. The van der Waals surface area contributed by atoms with Gasteiger partial charge in [-0.25, -0.2) is 8.42 Å². The molecule has 5 nitrogen and oxygen atoms in total. The molecule has 0 aromatic rings. The van der Waals surface area contributed by atoms with E-state index >= 15 is 0 Å². The quantitative estimate of drug-likeness (QED) is 0.607. The van der Waals surface area contributed by atoms with Gasteiger partial charge in [-0.3, -0.25) is 4.79 Å². The first-order chi connectivity index (χ1) is 8.03. The van der Waals surface area contributed by atoms with Crippen LogP contribution in [0.25, 0.3) is 0 Å². The first-order valence-electron chi connectivity index (χ1n) is 5.72. The lowest BCUT2D eigenvalue weighted by Crippen LogP contribution is -3.14. The Labute approximate surface area is 107 Å². The molecule has 1 rings (SSSR count). The second-order valence-corrected chi connectivity index (χ2v) is 7.40. The molecule has 0 aromatic carbocycles. The highest BCUT2D eigenvalue weighted by Gasteiger charge is 2.24. The molecule has 1 aliphatic rings. The van der Waals surface area contributed by atoms with E-state index in [4.69, 9.17) is 4.74 Å². The molecule has 1 fully saturated rings. The molecule has 7 heteroatoms. The van der Waals surface area contributed by atoms with Crippen LogP contribution in [0.5, 0.6) is 0 Å². The third-order valence-corrected chi connectivity index (χ3v) is 5.03. The summed E-state index contributed by atoms with van der Waals surface area (Å²) >= 11 is 1.62. The van der Waals surface area contributed by atoms with Gasteiger partial charge in [0.1, 0.15) is 13.2 Å². The molecule has 0 spiro atoms. The molecule has 100 valence electrons. The molecule has 0 aromatic heterocycles. The fraction of sp³-hybridized carbons (Fsp3) is 0.900. The van der Waals surface area contributed by atoms with Crippen LogP contribution in [-0.2, 0) is 19.4 Å². The van der Waals surface area contributed by atoms with Gasteiger partial charge >= 0.3 is 5.97 Å². The molecule has 1 aliphatic heterocycles. The molecule has 1 N–H and O–H groups in total. The van der Waals surface area contributed by atoms with Crippen LogP contribution in [-0.4, -0.2) is 64.1 Å². The fourth-order valence-electron chi connectivity index (χ4n) is 1.64. The van der Waals surface area contributed by atoms with Gasteiger partial charge in [-0.15, -0.1) is 0 Å². The Balaban J connectivity index is 2.10. The van der Waals surface area contributed by atoms with Crippen LogP contribution >= 0.6 is 11.8 Å². The third kappa shape index (κ3) is 6.28. The van der Waals surface area contributed by atoms with E-state index in [0.717, 1.165) is 5.75 Å². The number of hydrogen-bond acceptors (Lipinski definition) is 5. The van der Waals surface area contributed by atoms with E-state index in [1.807, 2.05) is 6.26 Å². The zero-order valence-electron chi connectivity index (χ0n) is 10.1. The molecule has 0 saturated carbocycles. The van der Waals surface area contributed by atoms with Gasteiger partial charge < -0.3 is 9.64 Å². The molecule has 0 aliphatic carbocycles. The Morgan fingerprint density at radius 3 is 2.59 bits per heavy atom. The van der Waals surface area contributed by atoms with E-state index in [-0.39, 0.29) is 17.5 Å². The van der Waals surface area contributed by atoms with Crippen molar-refractivity contribution in [3.63, 3.8) is 0 Å². The van der Waals surface area contributed by atoms with Crippen molar-refractivity contribution in [2.45, 2.75) is 6.42 Å². The normalized spacial score (nSPS) is 20.1. The van der Waals surface area contributed by atoms with Gasteiger partial charge in [0.05, 0.1) is 31.0 Å². The summed E-state index contributed by atoms with van der Waals surface area (Å²) in [7, 11) is -2.80. The molecule has 1 saturated heterocycles. The smallest absolute Gasteiger partial charge is 0.306 e. The minimum Gasteiger partial charge on any atom is -0.460 e. The monoisotopic (exact) mass is 282 g/mol. The van der Waals surface area contributed by atoms with Crippen LogP contribution in [0.1, 0.15) is 6.42 Å². The Hall–Kier alpha value is -0.270. The summed E-state index contributed by atoms with van der Waals surface area (Å²) in [6.07, 6.45) is 2.40. The van der Waals surface area contributed by atoms with E-state index in [1.54, 1.807) is 11.8 Å². The van der Waals surface area contributed by atoms with Crippen molar-refractivity contribution >= 4 is 27.6 Å². The maximum Gasteiger partial charge on any atom is 0.306 e. The second kappa shape index (κ2) is 7.23. The Morgan fingerprint density at radius 2 is 2.00 bits per heavy atom. The van der Waals surface area contributed by atoms with Crippen molar-refractivity contribution in [2.75, 3.05) is 49.8 Å². The number of thioether (sulfide) groups is 1. The highest BCUT2D eigenvalue weighted by atomic mass is 32.2. The molecule has 1 heterocycles. The largest absolute Gasteiger partial charge is 0.460 e. The first kappa shape index (κ1) is 14.8. The Kier molecular flexibility index (Phi) is 6.29. The van der Waals surface area contributed by atoms with E-state index in [0.29, 0.717) is 32.7 Å². The summed E-state index contributed by atoms with van der Waals surface area (Å²) in [5.74, 6) is 1.13. The SMILES string of the molecule is CSCCC(=O)OCC[NH+]1CCS(=O)(=O)CC1. The first-order valence-corrected chi connectivity index (χ1v) is 8.93. The number of hydrogen-bond donors (Lipinski definition) is 1. The third-order valence-electron chi connectivity index (χ3n) is 2.76. The van der Waals surface area contributed by atoms with Crippen molar-refractivity contribution in [3.05, 3.63) is 0 Å². The fourth-order valence-corrected chi connectivity index (χ4v) is 3.42. The maximum atomic E-state index is 11.2. The molecular weight excluding hydrogens is 262 g/mol. The molecular formula is C10H20NO4S2+. The molecule has 17 heavy (non-hydrogen) atoms. The average molecular weight is 282 g/mol. The zero-order chi connectivity index (χ0) is 12.7. The lowest BCUT2D eigenvalue weighted by molar-refractivity contribution is -0.896. The van der Waals surface area contributed by atoms with Crippen molar-refractivity contribution in [1.82, 2.24) is 0 Å². The summed E-state index contributed by atoms with van der Waals surface area (Å²) in [6, 6.07) is 0. The van der Waals surface area contributed by atoms with Crippen LogP contribution in [0.4, 0.5) is 0 Å². The van der Waals surface area contributed by atoms with Gasteiger partial charge in [-0.2, -0.15) is 11.8 Å². The zero-order valence-corrected chi connectivity index (χ0v) is 11.7. The number of ether oxygens (including phenoxy) is 1. The van der Waals surface area contributed by atoms with Crippen molar-refractivity contribution in [2.24, 2.45) is 0 Å². The van der Waals surface area contributed by atoms with Gasteiger partial charge in [-0.1, -0.05) is 0 Å². The molecule has 0 unspecified atom stereocenters. The number of carbonyl (C=O) groups excluding carboxylic acids is 1. The standard InChI is InChI=1S/C10H19NO4S2/c1-16-7-2-10(12)15-6-3-11-4-8-17(13,14)9-5-11/h2-9H2,1H3/p+1. The average Bonchev–Trinajstić information content (AvgIpc) is 2.29. The summed E-state index contributed by atoms with van der Waals surface area (Å²) < 4.78 is 27.5. The number of quaternary nitrogens is 1. The Morgan fingerprint density at radius 1 is 1.35 bits per heavy atom. The highest BCUT2D eigenvalue weighted by molar-refractivity contribution is 7.98.